The molecule has 0 saturated carbocycles. The maximum atomic E-state index is 6.03. The topological polar surface area (TPSA) is 34.1 Å². The summed E-state index contributed by atoms with van der Waals surface area (Å²) in [6.07, 6.45) is 2.52. The van der Waals surface area contributed by atoms with Crippen LogP contribution in [-0.2, 0) is 4.74 Å². The first kappa shape index (κ1) is 14.1. The van der Waals surface area contributed by atoms with E-state index in [1.165, 1.54) is 12.0 Å². The van der Waals surface area contributed by atoms with Crippen LogP contribution in [0.25, 0.3) is 0 Å². The summed E-state index contributed by atoms with van der Waals surface area (Å²) in [6.45, 7) is 3.77. The molecule has 1 saturated heterocycles. The lowest BCUT2D eigenvalue weighted by atomic mass is 9.89. The molecule has 0 amide bonds. The summed E-state index contributed by atoms with van der Waals surface area (Å²) in [5.41, 5.74) is 2.32. The van der Waals surface area contributed by atoms with Crippen molar-refractivity contribution in [2.45, 2.75) is 25.9 Å². The zero-order valence-corrected chi connectivity index (χ0v) is 12.5. The minimum Gasteiger partial charge on any atom is -0.373 e. The quantitative estimate of drug-likeness (QED) is 0.921. The molecule has 0 radical (unpaired) electrons. The molecule has 2 aromatic rings. The van der Waals surface area contributed by atoms with Crippen LogP contribution in [0, 0.1) is 12.8 Å². The Morgan fingerprint density at radius 2 is 2.00 bits per heavy atom. The number of aryl methyl sites for hydroxylation is 1. The Balaban J connectivity index is 1.67. The van der Waals surface area contributed by atoms with Gasteiger partial charge >= 0.3 is 0 Å². The van der Waals surface area contributed by atoms with Crippen LogP contribution in [0.2, 0.25) is 0 Å². The van der Waals surface area contributed by atoms with Gasteiger partial charge in [-0.25, -0.2) is 4.98 Å². The third kappa shape index (κ3) is 3.61. The van der Waals surface area contributed by atoms with E-state index in [2.05, 4.69) is 40.6 Å². The Labute approximate surface area is 126 Å². The molecule has 1 aromatic carbocycles. The summed E-state index contributed by atoms with van der Waals surface area (Å²) in [7, 11) is 0. The van der Waals surface area contributed by atoms with Crippen LogP contribution in [-0.4, -0.2) is 18.1 Å². The zero-order valence-electron chi connectivity index (χ0n) is 12.5. The zero-order chi connectivity index (χ0) is 14.5. The predicted octanol–water partition coefficient (Wildman–Crippen LogP) is 3.97. The van der Waals surface area contributed by atoms with Gasteiger partial charge in [0.2, 0.25) is 0 Å². The second-order valence-electron chi connectivity index (χ2n) is 5.65. The number of pyridine rings is 1. The van der Waals surface area contributed by atoms with Gasteiger partial charge in [0.25, 0.3) is 0 Å². The van der Waals surface area contributed by atoms with Crippen molar-refractivity contribution < 1.29 is 4.74 Å². The molecule has 2 heterocycles. The normalized spacial score (nSPS) is 22.0. The molecule has 3 rings (SSSR count). The number of hydrogen-bond acceptors (Lipinski definition) is 3. The summed E-state index contributed by atoms with van der Waals surface area (Å²) < 4.78 is 6.03. The monoisotopic (exact) mass is 282 g/mol. The minimum atomic E-state index is 0.192. The van der Waals surface area contributed by atoms with E-state index in [1.807, 2.05) is 25.1 Å². The average molecular weight is 282 g/mol. The largest absolute Gasteiger partial charge is 0.373 e. The number of ether oxygens (including phenoxy) is 1. The van der Waals surface area contributed by atoms with Crippen molar-refractivity contribution in [1.82, 2.24) is 4.98 Å². The number of hydrogen-bond donors (Lipinski definition) is 1. The molecule has 3 heteroatoms. The molecule has 2 atom stereocenters. The summed E-state index contributed by atoms with van der Waals surface area (Å²) in [5.74, 6) is 1.44. The Kier molecular flexibility index (Phi) is 4.51. The summed E-state index contributed by atoms with van der Waals surface area (Å²) in [5, 5.41) is 3.46. The van der Waals surface area contributed by atoms with Crippen molar-refractivity contribution in [1.29, 1.82) is 0 Å². The maximum Gasteiger partial charge on any atom is 0.126 e. The minimum absolute atomic E-state index is 0.192. The van der Waals surface area contributed by atoms with E-state index in [0.717, 1.165) is 31.1 Å². The number of benzene rings is 1. The lowest BCUT2D eigenvalue weighted by Gasteiger charge is -2.32. The van der Waals surface area contributed by atoms with E-state index in [-0.39, 0.29) is 6.10 Å². The van der Waals surface area contributed by atoms with Crippen molar-refractivity contribution in [2.75, 3.05) is 18.5 Å². The number of nitrogens with one attached hydrogen (secondary N) is 1. The van der Waals surface area contributed by atoms with Gasteiger partial charge in [-0.05, 0) is 37.5 Å². The number of nitrogens with zero attached hydrogens (tertiary/aromatic N) is 1. The van der Waals surface area contributed by atoms with Crippen molar-refractivity contribution in [2.24, 2.45) is 5.92 Å². The Morgan fingerprint density at radius 3 is 2.81 bits per heavy atom. The average Bonchev–Trinajstić information content (AvgIpc) is 2.54. The highest BCUT2D eigenvalue weighted by atomic mass is 16.5. The predicted molar refractivity (Wildman–Crippen MR) is 85.3 cm³/mol. The Morgan fingerprint density at radius 1 is 1.14 bits per heavy atom. The number of rotatable bonds is 4. The molecule has 0 bridgehead atoms. The van der Waals surface area contributed by atoms with E-state index < -0.39 is 0 Å². The van der Waals surface area contributed by atoms with Crippen LogP contribution < -0.4 is 5.32 Å². The van der Waals surface area contributed by atoms with Crippen LogP contribution in [0.1, 0.15) is 30.2 Å². The molecular weight excluding hydrogens is 260 g/mol. The van der Waals surface area contributed by atoms with Gasteiger partial charge in [-0.15, -0.1) is 0 Å². The van der Waals surface area contributed by atoms with Crippen molar-refractivity contribution in [3.05, 3.63) is 59.8 Å². The lowest BCUT2D eigenvalue weighted by molar-refractivity contribution is -0.0238. The highest BCUT2D eigenvalue weighted by Crippen LogP contribution is 2.33. The van der Waals surface area contributed by atoms with Crippen LogP contribution in [0.15, 0.2) is 48.5 Å². The van der Waals surface area contributed by atoms with E-state index in [9.17, 15) is 0 Å². The molecule has 0 spiro atoms. The Hall–Kier alpha value is -1.87. The van der Waals surface area contributed by atoms with Gasteiger partial charge in [-0.3, -0.25) is 0 Å². The Bertz CT molecular complexity index is 570. The molecule has 1 aliphatic heterocycles. The SMILES string of the molecule is Cc1cccc(NCC2CCCOC2c2ccccc2)n1. The molecule has 1 N–H and O–H groups in total. The number of aromatic nitrogens is 1. The summed E-state index contributed by atoms with van der Waals surface area (Å²) in [4.78, 5) is 4.50. The summed E-state index contributed by atoms with van der Waals surface area (Å²) >= 11 is 0. The van der Waals surface area contributed by atoms with Gasteiger partial charge < -0.3 is 10.1 Å². The first-order valence-corrected chi connectivity index (χ1v) is 7.67. The first-order chi connectivity index (χ1) is 10.3. The lowest BCUT2D eigenvalue weighted by Crippen LogP contribution is -2.28. The van der Waals surface area contributed by atoms with Crippen molar-refractivity contribution in [3.63, 3.8) is 0 Å². The fourth-order valence-electron chi connectivity index (χ4n) is 2.94. The fourth-order valence-corrected chi connectivity index (χ4v) is 2.94. The van der Waals surface area contributed by atoms with E-state index in [1.54, 1.807) is 0 Å². The molecule has 110 valence electrons. The third-order valence-corrected chi connectivity index (χ3v) is 4.01. The van der Waals surface area contributed by atoms with Crippen molar-refractivity contribution >= 4 is 5.82 Å². The molecule has 21 heavy (non-hydrogen) atoms. The van der Waals surface area contributed by atoms with E-state index >= 15 is 0 Å². The maximum absolute atomic E-state index is 6.03. The molecule has 1 fully saturated rings. The molecule has 1 aromatic heterocycles. The van der Waals surface area contributed by atoms with Gasteiger partial charge in [0.1, 0.15) is 5.82 Å². The fraction of sp³-hybridized carbons (Fsp3) is 0.389. The van der Waals surface area contributed by atoms with Crippen LogP contribution >= 0.6 is 0 Å². The van der Waals surface area contributed by atoms with E-state index in [0.29, 0.717) is 5.92 Å². The molecular formula is C18H22N2O. The van der Waals surface area contributed by atoms with Gasteiger partial charge in [0.15, 0.2) is 0 Å². The molecule has 2 unspecified atom stereocenters. The summed E-state index contributed by atoms with van der Waals surface area (Å²) in [6, 6.07) is 16.6. The number of anilines is 1. The van der Waals surface area contributed by atoms with Gasteiger partial charge in [0.05, 0.1) is 6.10 Å². The first-order valence-electron chi connectivity index (χ1n) is 7.67. The smallest absolute Gasteiger partial charge is 0.126 e. The molecule has 0 aliphatic carbocycles. The standard InChI is InChI=1S/C18H22N2O/c1-14-7-5-11-17(20-14)19-13-16-10-6-12-21-18(16)15-8-3-2-4-9-15/h2-5,7-9,11,16,18H,6,10,12-13H2,1H3,(H,19,20). The van der Waals surface area contributed by atoms with Crippen LogP contribution in [0.3, 0.4) is 0 Å². The van der Waals surface area contributed by atoms with Crippen molar-refractivity contribution in [3.8, 4) is 0 Å². The highest BCUT2D eigenvalue weighted by Gasteiger charge is 2.27. The molecule has 1 aliphatic rings. The second kappa shape index (κ2) is 6.72. The van der Waals surface area contributed by atoms with Crippen LogP contribution in [0.5, 0.6) is 0 Å². The van der Waals surface area contributed by atoms with Gasteiger partial charge in [-0.1, -0.05) is 36.4 Å². The highest BCUT2D eigenvalue weighted by molar-refractivity contribution is 5.35. The van der Waals surface area contributed by atoms with Gasteiger partial charge in [0, 0.05) is 24.8 Å². The second-order valence-corrected chi connectivity index (χ2v) is 5.65. The van der Waals surface area contributed by atoms with E-state index in [4.69, 9.17) is 4.74 Å². The molecule has 3 nitrogen and oxygen atoms in total. The third-order valence-electron chi connectivity index (χ3n) is 4.01. The van der Waals surface area contributed by atoms with Gasteiger partial charge in [-0.2, -0.15) is 0 Å². The van der Waals surface area contributed by atoms with Crippen LogP contribution in [0.4, 0.5) is 5.82 Å².